The van der Waals surface area contributed by atoms with Crippen molar-refractivity contribution in [2.24, 2.45) is 11.8 Å². The fourth-order valence-electron chi connectivity index (χ4n) is 3.10. The summed E-state index contributed by atoms with van der Waals surface area (Å²) in [4.78, 5) is 0. The number of rotatable bonds is 4. The van der Waals surface area contributed by atoms with Gasteiger partial charge < -0.3 is 4.55 Å². The predicted molar refractivity (Wildman–Crippen MR) is 65.3 cm³/mol. The van der Waals surface area contributed by atoms with E-state index < -0.39 is 10.1 Å². The first-order chi connectivity index (χ1) is 8.04. The van der Waals surface area contributed by atoms with Crippen LogP contribution in [0.2, 0.25) is 0 Å². The Morgan fingerprint density at radius 2 is 2.00 bits per heavy atom. The van der Waals surface area contributed by atoms with Gasteiger partial charge in [-0.15, -0.1) is 0 Å². The lowest BCUT2D eigenvalue weighted by atomic mass is 9.76. The molecular weight excluding hydrogens is 238 g/mol. The van der Waals surface area contributed by atoms with Gasteiger partial charge in [0.15, 0.2) is 0 Å². The molecule has 2 unspecified atom stereocenters. The summed E-state index contributed by atoms with van der Waals surface area (Å²) >= 11 is 0. The lowest BCUT2D eigenvalue weighted by Gasteiger charge is -2.30. The molecule has 4 nitrogen and oxygen atoms in total. The van der Waals surface area contributed by atoms with Gasteiger partial charge in [-0.05, 0) is 18.8 Å². The largest absolute Gasteiger partial charge is 0.748 e. The van der Waals surface area contributed by atoms with E-state index >= 15 is 0 Å². The Hall–Kier alpha value is -0.420. The highest BCUT2D eigenvalue weighted by Gasteiger charge is 2.31. The Morgan fingerprint density at radius 1 is 1.24 bits per heavy atom. The van der Waals surface area contributed by atoms with Gasteiger partial charge in [-0.1, -0.05) is 12.8 Å². The van der Waals surface area contributed by atoms with Crippen LogP contribution in [0, 0.1) is 11.8 Å². The van der Waals surface area contributed by atoms with Gasteiger partial charge >= 0.3 is 0 Å². The molecule has 2 aliphatic rings. The Kier molecular flexibility index (Phi) is 4.20. The Morgan fingerprint density at radius 3 is 2.76 bits per heavy atom. The average Bonchev–Trinajstić information content (AvgIpc) is 2.27. The SMILES string of the molecule is O=S(=O)([O-])CCC[N+]1=CC2CCCCC2CC1. The number of nitrogens with zero attached hydrogens (tertiary/aromatic N) is 1. The van der Waals surface area contributed by atoms with Crippen LogP contribution in [0.4, 0.5) is 0 Å². The standard InChI is InChI=1S/C12H21NO3S/c14-17(15,16)9-3-7-13-8-6-11-4-1-2-5-12(11)10-13/h10-12H,1-9H2. The van der Waals surface area contributed by atoms with Crippen molar-refractivity contribution in [3.8, 4) is 0 Å². The summed E-state index contributed by atoms with van der Waals surface area (Å²) in [5.41, 5.74) is 0. The number of hydrogen-bond acceptors (Lipinski definition) is 3. The van der Waals surface area contributed by atoms with Crippen molar-refractivity contribution in [1.29, 1.82) is 0 Å². The molecule has 1 aliphatic carbocycles. The molecule has 0 amide bonds. The maximum Gasteiger partial charge on any atom is 0.143 e. The van der Waals surface area contributed by atoms with E-state index in [1.165, 1.54) is 32.1 Å². The summed E-state index contributed by atoms with van der Waals surface area (Å²) in [7, 11) is -4.04. The van der Waals surface area contributed by atoms with Gasteiger partial charge in [-0.2, -0.15) is 0 Å². The van der Waals surface area contributed by atoms with Crippen LogP contribution >= 0.6 is 0 Å². The summed E-state index contributed by atoms with van der Waals surface area (Å²) in [5.74, 6) is 1.32. The first-order valence-corrected chi connectivity index (χ1v) is 8.15. The molecule has 98 valence electrons. The molecule has 0 spiro atoms. The highest BCUT2D eigenvalue weighted by atomic mass is 32.2. The van der Waals surface area contributed by atoms with Crippen LogP contribution in [0.15, 0.2) is 0 Å². The number of hydrogen-bond donors (Lipinski definition) is 0. The average molecular weight is 259 g/mol. The molecule has 0 bridgehead atoms. The minimum Gasteiger partial charge on any atom is -0.748 e. The highest BCUT2D eigenvalue weighted by Crippen LogP contribution is 2.32. The summed E-state index contributed by atoms with van der Waals surface area (Å²) in [6.45, 7) is 1.74. The molecule has 1 heterocycles. The van der Waals surface area contributed by atoms with E-state index in [0.29, 0.717) is 18.9 Å². The first-order valence-electron chi connectivity index (χ1n) is 6.57. The minimum atomic E-state index is -4.04. The molecule has 1 aliphatic heterocycles. The fourth-order valence-corrected chi connectivity index (χ4v) is 3.58. The van der Waals surface area contributed by atoms with E-state index in [1.54, 1.807) is 0 Å². The molecule has 0 aromatic rings. The maximum absolute atomic E-state index is 10.5. The smallest absolute Gasteiger partial charge is 0.143 e. The van der Waals surface area contributed by atoms with Gasteiger partial charge in [0, 0.05) is 24.5 Å². The second kappa shape index (κ2) is 5.48. The second-order valence-corrected chi connectivity index (χ2v) is 6.82. The topological polar surface area (TPSA) is 60.2 Å². The zero-order valence-electron chi connectivity index (χ0n) is 10.2. The van der Waals surface area contributed by atoms with Crippen molar-refractivity contribution in [1.82, 2.24) is 0 Å². The Labute approximate surface area is 103 Å². The van der Waals surface area contributed by atoms with E-state index in [1.807, 2.05) is 0 Å². The third-order valence-electron chi connectivity index (χ3n) is 4.00. The van der Waals surface area contributed by atoms with E-state index in [2.05, 4.69) is 10.8 Å². The lowest BCUT2D eigenvalue weighted by molar-refractivity contribution is -0.532. The van der Waals surface area contributed by atoms with Crippen molar-refractivity contribution < 1.29 is 17.5 Å². The zero-order chi connectivity index (χ0) is 12.3. The quantitative estimate of drug-likeness (QED) is 0.563. The van der Waals surface area contributed by atoms with Gasteiger partial charge in [0.1, 0.15) is 19.3 Å². The van der Waals surface area contributed by atoms with Crippen LogP contribution in [-0.4, -0.2) is 42.6 Å². The summed E-state index contributed by atoms with van der Waals surface area (Å²) < 4.78 is 33.8. The van der Waals surface area contributed by atoms with Gasteiger partial charge in [-0.25, -0.2) is 13.0 Å². The molecule has 1 saturated carbocycles. The first kappa shape index (κ1) is 13.0. The molecular formula is C12H21NO3S. The molecule has 0 N–H and O–H groups in total. The van der Waals surface area contributed by atoms with Crippen LogP contribution in [0.3, 0.4) is 0 Å². The van der Waals surface area contributed by atoms with Crippen LogP contribution in [0.5, 0.6) is 0 Å². The molecule has 0 aromatic carbocycles. The zero-order valence-corrected chi connectivity index (χ0v) is 11.0. The highest BCUT2D eigenvalue weighted by molar-refractivity contribution is 7.85. The molecule has 17 heavy (non-hydrogen) atoms. The van der Waals surface area contributed by atoms with Crippen LogP contribution in [0.25, 0.3) is 0 Å². The van der Waals surface area contributed by atoms with Crippen molar-refractivity contribution in [2.45, 2.75) is 38.5 Å². The minimum absolute atomic E-state index is 0.231. The third kappa shape index (κ3) is 4.07. The molecule has 1 fully saturated rings. The van der Waals surface area contributed by atoms with Crippen molar-refractivity contribution >= 4 is 16.3 Å². The van der Waals surface area contributed by atoms with Gasteiger partial charge in [0.25, 0.3) is 0 Å². The van der Waals surface area contributed by atoms with Gasteiger partial charge in [0.05, 0.1) is 10.1 Å². The Balaban J connectivity index is 1.83. The molecule has 0 saturated heterocycles. The number of fused-ring (bicyclic) bond motifs is 1. The van der Waals surface area contributed by atoms with Crippen LogP contribution in [0.1, 0.15) is 38.5 Å². The van der Waals surface area contributed by atoms with Crippen LogP contribution < -0.4 is 0 Å². The summed E-state index contributed by atoms with van der Waals surface area (Å²) in [6, 6.07) is 0. The van der Waals surface area contributed by atoms with Crippen LogP contribution in [-0.2, 0) is 10.1 Å². The summed E-state index contributed by atoms with van der Waals surface area (Å²) in [6.07, 6.45) is 9.30. The molecule has 0 aromatic heterocycles. The lowest BCUT2D eigenvalue weighted by Crippen LogP contribution is -2.34. The maximum atomic E-state index is 10.5. The molecule has 2 atom stereocenters. The normalized spacial score (nSPS) is 29.6. The van der Waals surface area contributed by atoms with Crippen molar-refractivity contribution in [2.75, 3.05) is 18.8 Å². The van der Waals surface area contributed by atoms with E-state index in [4.69, 9.17) is 0 Å². The van der Waals surface area contributed by atoms with Crippen molar-refractivity contribution in [3.05, 3.63) is 0 Å². The monoisotopic (exact) mass is 259 g/mol. The predicted octanol–water partition coefficient (Wildman–Crippen LogP) is 1.22. The summed E-state index contributed by atoms with van der Waals surface area (Å²) in [5, 5.41) is 0. The molecule has 2 rings (SSSR count). The Bertz CT molecular complexity index is 389. The van der Waals surface area contributed by atoms with Gasteiger partial charge in [-0.3, -0.25) is 0 Å². The van der Waals surface area contributed by atoms with Gasteiger partial charge in [0.2, 0.25) is 0 Å². The third-order valence-corrected chi connectivity index (χ3v) is 4.79. The fraction of sp³-hybridized carbons (Fsp3) is 0.917. The molecule has 5 heteroatoms. The van der Waals surface area contributed by atoms with Crippen molar-refractivity contribution in [3.63, 3.8) is 0 Å². The molecule has 0 radical (unpaired) electrons. The second-order valence-electron chi connectivity index (χ2n) is 5.30. The van der Waals surface area contributed by atoms with E-state index in [-0.39, 0.29) is 5.75 Å². The van der Waals surface area contributed by atoms with E-state index in [0.717, 1.165) is 12.5 Å². The van der Waals surface area contributed by atoms with E-state index in [9.17, 15) is 13.0 Å².